The van der Waals surface area contributed by atoms with E-state index in [2.05, 4.69) is 30.0 Å². The molecule has 8 nitrogen and oxygen atoms in total. The summed E-state index contributed by atoms with van der Waals surface area (Å²) in [5, 5.41) is 6.85. The summed E-state index contributed by atoms with van der Waals surface area (Å²) in [5.74, 6) is 2.63. The molecule has 25 heavy (non-hydrogen) atoms. The van der Waals surface area contributed by atoms with Crippen LogP contribution in [0.3, 0.4) is 0 Å². The number of hydrogen-bond acceptors (Lipinski definition) is 6. The van der Waals surface area contributed by atoms with E-state index in [9.17, 15) is 4.79 Å². The second kappa shape index (κ2) is 6.84. The molecule has 1 aliphatic rings. The summed E-state index contributed by atoms with van der Waals surface area (Å²) >= 11 is 0. The van der Waals surface area contributed by atoms with Gasteiger partial charge < -0.3 is 14.4 Å². The van der Waals surface area contributed by atoms with Crippen molar-refractivity contribution in [2.75, 3.05) is 5.32 Å². The van der Waals surface area contributed by atoms with Crippen LogP contribution in [0.15, 0.2) is 35.2 Å². The number of hydrogen-bond donors (Lipinski definition) is 1. The molecule has 8 heteroatoms. The molecule has 1 amide bonds. The maximum atomic E-state index is 12.2. The highest BCUT2D eigenvalue weighted by Crippen LogP contribution is 2.20. The van der Waals surface area contributed by atoms with Crippen molar-refractivity contribution in [3.63, 3.8) is 0 Å². The zero-order valence-corrected chi connectivity index (χ0v) is 13.7. The van der Waals surface area contributed by atoms with E-state index in [1.165, 1.54) is 0 Å². The fraction of sp³-hybridized carbons (Fsp3) is 0.353. The van der Waals surface area contributed by atoms with Gasteiger partial charge in [0.2, 0.25) is 17.6 Å². The zero-order chi connectivity index (χ0) is 17.1. The highest BCUT2D eigenvalue weighted by Gasteiger charge is 2.16. The molecule has 4 heterocycles. The Morgan fingerprint density at radius 3 is 3.16 bits per heavy atom. The van der Waals surface area contributed by atoms with Crippen LogP contribution < -0.4 is 5.32 Å². The number of nitrogens with one attached hydrogen (secondary N) is 1. The van der Waals surface area contributed by atoms with Gasteiger partial charge in [-0.2, -0.15) is 4.98 Å². The molecule has 0 radical (unpaired) electrons. The van der Waals surface area contributed by atoms with E-state index in [-0.39, 0.29) is 12.3 Å². The number of aryl methyl sites for hydroxylation is 2. The quantitative estimate of drug-likeness (QED) is 0.766. The number of imidazole rings is 1. The van der Waals surface area contributed by atoms with Crippen molar-refractivity contribution in [3.8, 4) is 11.4 Å². The fourth-order valence-corrected chi connectivity index (χ4v) is 2.91. The van der Waals surface area contributed by atoms with E-state index in [1.807, 2.05) is 12.1 Å². The average Bonchev–Trinajstić information content (AvgIpc) is 3.28. The lowest BCUT2D eigenvalue weighted by atomic mass is 10.2. The van der Waals surface area contributed by atoms with Gasteiger partial charge in [0.15, 0.2) is 0 Å². The van der Waals surface area contributed by atoms with Gasteiger partial charge in [-0.05, 0) is 25.0 Å². The smallest absolute Gasteiger partial charge is 0.227 e. The third-order valence-electron chi connectivity index (χ3n) is 4.19. The van der Waals surface area contributed by atoms with E-state index < -0.39 is 0 Å². The number of rotatable bonds is 5. The number of carbonyl (C=O) groups excluding carboxylic acids is 1. The van der Waals surface area contributed by atoms with Crippen molar-refractivity contribution in [1.82, 2.24) is 24.7 Å². The standard InChI is InChI=1S/C17H18N6O2/c24-15(20-14-11-19-13-5-1-2-9-23(13)14)6-7-16-21-17(22-25-16)12-4-3-8-18-10-12/h3-4,8,10-11H,1-2,5-7,9H2,(H,20,24). The predicted octanol–water partition coefficient (Wildman–Crippen LogP) is 2.24. The van der Waals surface area contributed by atoms with Crippen LogP contribution in [-0.2, 0) is 24.2 Å². The Kier molecular flexibility index (Phi) is 4.24. The predicted molar refractivity (Wildman–Crippen MR) is 89.6 cm³/mol. The Hall–Kier alpha value is -3.03. The molecule has 4 rings (SSSR count). The molecule has 0 saturated heterocycles. The van der Waals surface area contributed by atoms with Crippen LogP contribution in [0.2, 0.25) is 0 Å². The van der Waals surface area contributed by atoms with Gasteiger partial charge in [0.1, 0.15) is 11.6 Å². The van der Waals surface area contributed by atoms with Gasteiger partial charge in [-0.1, -0.05) is 5.16 Å². The summed E-state index contributed by atoms with van der Waals surface area (Å²) in [4.78, 5) is 24.9. The van der Waals surface area contributed by atoms with Crippen molar-refractivity contribution >= 4 is 11.7 Å². The maximum Gasteiger partial charge on any atom is 0.227 e. The SMILES string of the molecule is O=C(CCc1nc(-c2cccnc2)no1)Nc1cnc2n1CCCC2. The molecule has 3 aromatic heterocycles. The molecule has 0 aliphatic carbocycles. The summed E-state index contributed by atoms with van der Waals surface area (Å²) in [6.45, 7) is 0.906. The molecule has 0 atom stereocenters. The minimum atomic E-state index is -0.0885. The minimum Gasteiger partial charge on any atom is -0.339 e. The number of pyridine rings is 1. The van der Waals surface area contributed by atoms with Crippen LogP contribution in [0.25, 0.3) is 11.4 Å². The lowest BCUT2D eigenvalue weighted by Crippen LogP contribution is -2.18. The van der Waals surface area contributed by atoms with Crippen molar-refractivity contribution in [3.05, 3.63) is 42.4 Å². The normalized spacial score (nSPS) is 13.4. The van der Waals surface area contributed by atoms with Crippen LogP contribution in [-0.4, -0.2) is 30.6 Å². The first kappa shape index (κ1) is 15.5. The van der Waals surface area contributed by atoms with Gasteiger partial charge in [0.25, 0.3) is 0 Å². The third-order valence-corrected chi connectivity index (χ3v) is 4.19. The molecule has 0 spiro atoms. The minimum absolute atomic E-state index is 0.0885. The van der Waals surface area contributed by atoms with Crippen LogP contribution in [0.5, 0.6) is 0 Å². The molecule has 128 valence electrons. The number of anilines is 1. The summed E-state index contributed by atoms with van der Waals surface area (Å²) in [6.07, 6.45) is 8.98. The lowest BCUT2D eigenvalue weighted by molar-refractivity contribution is -0.116. The van der Waals surface area contributed by atoms with Gasteiger partial charge in [0.05, 0.1) is 6.20 Å². The first-order valence-corrected chi connectivity index (χ1v) is 8.37. The number of carbonyl (C=O) groups is 1. The molecule has 3 aromatic rings. The summed E-state index contributed by atoms with van der Waals surface area (Å²) in [7, 11) is 0. The number of amides is 1. The number of nitrogens with zero attached hydrogens (tertiary/aromatic N) is 5. The molecular formula is C17H18N6O2. The van der Waals surface area contributed by atoms with Crippen molar-refractivity contribution in [2.24, 2.45) is 0 Å². The van der Waals surface area contributed by atoms with Crippen LogP contribution in [0, 0.1) is 0 Å². The van der Waals surface area contributed by atoms with Crippen molar-refractivity contribution in [1.29, 1.82) is 0 Å². The van der Waals surface area contributed by atoms with Gasteiger partial charge in [-0.25, -0.2) is 4.98 Å². The average molecular weight is 338 g/mol. The molecule has 0 saturated carbocycles. The van der Waals surface area contributed by atoms with E-state index in [0.29, 0.717) is 18.1 Å². The van der Waals surface area contributed by atoms with Gasteiger partial charge >= 0.3 is 0 Å². The molecule has 0 aromatic carbocycles. The first-order chi connectivity index (χ1) is 12.3. The van der Waals surface area contributed by atoms with Gasteiger partial charge in [0, 0.05) is 43.8 Å². The third kappa shape index (κ3) is 3.42. The summed E-state index contributed by atoms with van der Waals surface area (Å²) in [5.41, 5.74) is 0.785. The largest absolute Gasteiger partial charge is 0.339 e. The maximum absolute atomic E-state index is 12.2. The molecule has 0 unspecified atom stereocenters. The Bertz CT molecular complexity index is 870. The van der Waals surface area contributed by atoms with E-state index in [0.717, 1.165) is 43.0 Å². The van der Waals surface area contributed by atoms with E-state index >= 15 is 0 Å². The Labute approximate surface area is 144 Å². The number of fused-ring (bicyclic) bond motifs is 1. The Morgan fingerprint density at radius 2 is 2.28 bits per heavy atom. The van der Waals surface area contributed by atoms with Gasteiger partial charge in [-0.15, -0.1) is 0 Å². The first-order valence-electron chi connectivity index (χ1n) is 8.37. The summed E-state index contributed by atoms with van der Waals surface area (Å²) in [6, 6.07) is 3.67. The molecule has 0 bridgehead atoms. The van der Waals surface area contributed by atoms with E-state index in [4.69, 9.17) is 4.52 Å². The monoisotopic (exact) mass is 338 g/mol. The van der Waals surface area contributed by atoms with Crippen LogP contribution >= 0.6 is 0 Å². The van der Waals surface area contributed by atoms with Crippen LogP contribution in [0.4, 0.5) is 5.82 Å². The fourth-order valence-electron chi connectivity index (χ4n) is 2.91. The number of aromatic nitrogens is 5. The van der Waals surface area contributed by atoms with Crippen molar-refractivity contribution < 1.29 is 9.32 Å². The highest BCUT2D eigenvalue weighted by atomic mass is 16.5. The molecule has 1 N–H and O–H groups in total. The second-order valence-electron chi connectivity index (χ2n) is 5.97. The molecule has 1 aliphatic heterocycles. The zero-order valence-electron chi connectivity index (χ0n) is 13.7. The van der Waals surface area contributed by atoms with Crippen LogP contribution in [0.1, 0.15) is 31.0 Å². The highest BCUT2D eigenvalue weighted by molar-refractivity contribution is 5.89. The summed E-state index contributed by atoms with van der Waals surface area (Å²) < 4.78 is 7.29. The lowest BCUT2D eigenvalue weighted by Gasteiger charge is -2.16. The Morgan fingerprint density at radius 1 is 1.32 bits per heavy atom. The second-order valence-corrected chi connectivity index (χ2v) is 5.97. The molecule has 0 fully saturated rings. The Balaban J connectivity index is 1.35. The topological polar surface area (TPSA) is 98.7 Å². The van der Waals surface area contributed by atoms with E-state index in [1.54, 1.807) is 18.6 Å². The van der Waals surface area contributed by atoms with Crippen molar-refractivity contribution in [2.45, 2.75) is 38.6 Å². The molecular weight excluding hydrogens is 320 g/mol. The van der Waals surface area contributed by atoms with Gasteiger partial charge in [-0.3, -0.25) is 9.78 Å².